The van der Waals surface area contributed by atoms with Crippen molar-refractivity contribution in [2.75, 3.05) is 11.9 Å². The minimum absolute atomic E-state index is 0.0797. The van der Waals surface area contributed by atoms with Crippen LogP contribution in [0.1, 0.15) is 36.5 Å². The lowest BCUT2D eigenvalue weighted by Crippen LogP contribution is -2.16. The normalized spacial score (nSPS) is 17.0. The van der Waals surface area contributed by atoms with Crippen LogP contribution in [0.4, 0.5) is 5.69 Å². The second kappa shape index (κ2) is 8.28. The van der Waals surface area contributed by atoms with Crippen LogP contribution in [0.15, 0.2) is 29.5 Å². The predicted octanol–water partition coefficient (Wildman–Crippen LogP) is 1.91. The Morgan fingerprint density at radius 1 is 1.48 bits per heavy atom. The van der Waals surface area contributed by atoms with Crippen LogP contribution in [0.3, 0.4) is 0 Å². The highest BCUT2D eigenvalue weighted by atomic mass is 16.5. The highest BCUT2D eigenvalue weighted by Gasteiger charge is 2.16. The van der Waals surface area contributed by atoms with E-state index in [1.165, 1.54) is 29.0 Å². The summed E-state index contributed by atoms with van der Waals surface area (Å²) in [7, 11) is 1.64. The molecule has 0 spiro atoms. The number of carbonyl (C=O) groups excluding carboxylic acids is 1. The Morgan fingerprint density at radius 2 is 2.30 bits per heavy atom. The van der Waals surface area contributed by atoms with Crippen molar-refractivity contribution >= 4 is 12.1 Å². The highest BCUT2D eigenvalue weighted by molar-refractivity contribution is 5.72. The van der Waals surface area contributed by atoms with Gasteiger partial charge in [-0.05, 0) is 31.7 Å². The van der Waals surface area contributed by atoms with Gasteiger partial charge in [0.2, 0.25) is 6.41 Å². The Hall–Kier alpha value is -2.41. The summed E-state index contributed by atoms with van der Waals surface area (Å²) in [4.78, 5) is 21.2. The Labute approximate surface area is 134 Å². The monoisotopic (exact) mass is 318 g/mol. The van der Waals surface area contributed by atoms with Crippen molar-refractivity contribution in [1.29, 1.82) is 0 Å². The zero-order valence-corrected chi connectivity index (χ0v) is 13.4. The number of carbonyl (C=O) groups is 1. The zero-order valence-electron chi connectivity index (χ0n) is 13.4. The Bertz CT molecular complexity index is 673. The van der Waals surface area contributed by atoms with E-state index in [9.17, 15) is 9.59 Å². The molecule has 3 rings (SSSR count). The first-order valence-electron chi connectivity index (χ1n) is 7.59. The quantitative estimate of drug-likeness (QED) is 0.846. The molecule has 23 heavy (non-hydrogen) atoms. The van der Waals surface area contributed by atoms with Gasteiger partial charge >= 0.3 is 0 Å². The van der Waals surface area contributed by atoms with Crippen LogP contribution < -0.4 is 10.9 Å². The van der Waals surface area contributed by atoms with E-state index < -0.39 is 0 Å². The number of pyridine rings is 1. The lowest BCUT2D eigenvalue weighted by atomic mass is 10.1. The Balaban J connectivity index is 0.000000167. The molecular weight excluding hydrogens is 296 g/mol. The van der Waals surface area contributed by atoms with E-state index in [1.807, 2.05) is 12.4 Å². The molecule has 3 heterocycles. The summed E-state index contributed by atoms with van der Waals surface area (Å²) < 4.78 is 6.98. The van der Waals surface area contributed by atoms with Gasteiger partial charge in [0.1, 0.15) is 0 Å². The van der Waals surface area contributed by atoms with Crippen LogP contribution in [0.5, 0.6) is 0 Å². The van der Waals surface area contributed by atoms with Crippen LogP contribution in [-0.4, -0.2) is 27.8 Å². The van der Waals surface area contributed by atoms with Gasteiger partial charge in [0.25, 0.3) is 5.56 Å². The molecule has 1 aliphatic heterocycles. The summed E-state index contributed by atoms with van der Waals surface area (Å²) in [5.41, 5.74) is 2.53. The summed E-state index contributed by atoms with van der Waals surface area (Å²) >= 11 is 0. The molecule has 2 aromatic heterocycles. The summed E-state index contributed by atoms with van der Waals surface area (Å²) in [6.07, 6.45) is 9.84. The topological polar surface area (TPSA) is 89.0 Å². The summed E-state index contributed by atoms with van der Waals surface area (Å²) in [5, 5.41) is 9.19. The standard InChI is InChI=1S/C8H10N2O2.C8H12N2O/c1-6-3-8(12)10(2)4-7(6)9-5-11;1-2-4-11-8(3-1)7-5-9-10-6-7/h3-5H,1-2H3,(H,9,11);5-6,8H,1-4H2,(H,9,10). The van der Waals surface area contributed by atoms with Crippen LogP contribution in [0.25, 0.3) is 0 Å². The Kier molecular flexibility index (Phi) is 6.10. The highest BCUT2D eigenvalue weighted by Crippen LogP contribution is 2.26. The van der Waals surface area contributed by atoms with Crippen LogP contribution in [0, 0.1) is 6.92 Å². The van der Waals surface area contributed by atoms with Crippen molar-refractivity contribution < 1.29 is 9.53 Å². The molecule has 1 fully saturated rings. The Morgan fingerprint density at radius 3 is 2.91 bits per heavy atom. The van der Waals surface area contributed by atoms with Crippen LogP contribution in [-0.2, 0) is 16.6 Å². The van der Waals surface area contributed by atoms with Crippen molar-refractivity contribution in [3.05, 3.63) is 46.1 Å². The molecule has 7 nitrogen and oxygen atoms in total. The number of aryl methyl sites for hydroxylation is 2. The smallest absolute Gasteiger partial charge is 0.250 e. The van der Waals surface area contributed by atoms with Gasteiger partial charge in [-0.1, -0.05) is 0 Å². The van der Waals surface area contributed by atoms with E-state index in [0.29, 0.717) is 18.2 Å². The minimum atomic E-state index is -0.0797. The molecule has 1 saturated heterocycles. The third-order valence-corrected chi connectivity index (χ3v) is 3.72. The van der Waals surface area contributed by atoms with E-state index >= 15 is 0 Å². The zero-order chi connectivity index (χ0) is 16.7. The number of hydrogen-bond acceptors (Lipinski definition) is 4. The number of nitrogens with zero attached hydrogens (tertiary/aromatic N) is 2. The van der Waals surface area contributed by atoms with E-state index in [0.717, 1.165) is 18.6 Å². The van der Waals surface area contributed by atoms with Crippen molar-refractivity contribution in [2.45, 2.75) is 32.3 Å². The van der Waals surface area contributed by atoms with Gasteiger partial charge in [-0.2, -0.15) is 5.10 Å². The molecule has 0 saturated carbocycles. The van der Waals surface area contributed by atoms with Gasteiger partial charge in [0.15, 0.2) is 0 Å². The molecule has 0 radical (unpaired) electrons. The average molecular weight is 318 g/mol. The second-order valence-electron chi connectivity index (χ2n) is 5.47. The maximum Gasteiger partial charge on any atom is 0.250 e. The van der Waals surface area contributed by atoms with E-state index in [4.69, 9.17) is 4.74 Å². The third-order valence-electron chi connectivity index (χ3n) is 3.72. The fraction of sp³-hybridized carbons (Fsp3) is 0.438. The molecule has 1 atom stereocenters. The van der Waals surface area contributed by atoms with Crippen molar-refractivity contribution in [2.24, 2.45) is 7.05 Å². The van der Waals surface area contributed by atoms with Crippen LogP contribution >= 0.6 is 0 Å². The van der Waals surface area contributed by atoms with E-state index in [1.54, 1.807) is 20.2 Å². The molecule has 0 aromatic carbocycles. The van der Waals surface area contributed by atoms with Crippen LogP contribution in [0.2, 0.25) is 0 Å². The second-order valence-corrected chi connectivity index (χ2v) is 5.47. The fourth-order valence-corrected chi connectivity index (χ4v) is 2.38. The first-order valence-corrected chi connectivity index (χ1v) is 7.59. The summed E-state index contributed by atoms with van der Waals surface area (Å²) in [6, 6.07) is 1.48. The number of amides is 1. The molecule has 0 bridgehead atoms. The van der Waals surface area contributed by atoms with Gasteiger partial charge in [-0.15, -0.1) is 0 Å². The van der Waals surface area contributed by atoms with Gasteiger partial charge in [-0.25, -0.2) is 0 Å². The number of anilines is 1. The lowest BCUT2D eigenvalue weighted by Gasteiger charge is -2.20. The SMILES string of the molecule is Cc1cc(=O)n(C)cc1NC=O.c1n[nH]cc1C1CCCCO1. The van der Waals surface area contributed by atoms with Gasteiger partial charge in [0, 0.05) is 37.7 Å². The largest absolute Gasteiger partial charge is 0.373 e. The summed E-state index contributed by atoms with van der Waals surface area (Å²) in [5.74, 6) is 0. The first kappa shape index (κ1) is 17.0. The number of aromatic amines is 1. The van der Waals surface area contributed by atoms with Gasteiger partial charge in [-0.3, -0.25) is 14.7 Å². The van der Waals surface area contributed by atoms with E-state index in [-0.39, 0.29) is 5.56 Å². The molecule has 2 aromatic rings. The maximum absolute atomic E-state index is 11.0. The average Bonchev–Trinajstić information content (AvgIpc) is 3.09. The molecule has 1 aliphatic rings. The molecule has 1 unspecified atom stereocenters. The predicted molar refractivity (Wildman–Crippen MR) is 87.2 cm³/mol. The number of hydrogen-bond donors (Lipinski definition) is 2. The summed E-state index contributed by atoms with van der Waals surface area (Å²) in [6.45, 7) is 2.67. The fourth-order valence-electron chi connectivity index (χ4n) is 2.38. The molecular formula is C16H22N4O3. The number of aromatic nitrogens is 3. The van der Waals surface area contributed by atoms with Crippen molar-refractivity contribution in [1.82, 2.24) is 14.8 Å². The molecule has 124 valence electrons. The third kappa shape index (κ3) is 4.79. The van der Waals surface area contributed by atoms with Gasteiger partial charge in [0.05, 0.1) is 18.0 Å². The number of rotatable bonds is 3. The van der Waals surface area contributed by atoms with E-state index in [2.05, 4.69) is 15.5 Å². The lowest BCUT2D eigenvalue weighted by molar-refractivity contribution is -0.105. The number of nitrogens with one attached hydrogen (secondary N) is 2. The molecule has 2 N–H and O–H groups in total. The van der Waals surface area contributed by atoms with Crippen molar-refractivity contribution in [3.63, 3.8) is 0 Å². The van der Waals surface area contributed by atoms with Gasteiger partial charge < -0.3 is 14.6 Å². The molecule has 0 aliphatic carbocycles. The molecule has 7 heteroatoms. The first-order chi connectivity index (χ1) is 11.1. The molecule has 1 amide bonds. The minimum Gasteiger partial charge on any atom is -0.373 e. The number of H-pyrrole nitrogens is 1. The van der Waals surface area contributed by atoms with Crippen molar-refractivity contribution in [3.8, 4) is 0 Å². The maximum atomic E-state index is 11.0. The number of ether oxygens (including phenoxy) is 1.